The molecule has 3 heteroatoms. The molecule has 0 amide bonds. The van der Waals surface area contributed by atoms with Gasteiger partial charge in [-0.25, -0.2) is 8.78 Å². The van der Waals surface area contributed by atoms with Crippen molar-refractivity contribution < 1.29 is 13.5 Å². The molecule has 0 radical (unpaired) electrons. The van der Waals surface area contributed by atoms with E-state index in [1.54, 1.807) is 0 Å². The summed E-state index contributed by atoms with van der Waals surface area (Å²) in [4.78, 5) is 0. The van der Waals surface area contributed by atoms with Crippen LogP contribution in [0.2, 0.25) is 0 Å². The van der Waals surface area contributed by atoms with Crippen LogP contribution in [0.5, 0.6) is 0 Å². The van der Waals surface area contributed by atoms with E-state index in [1.807, 2.05) is 0 Å². The van der Waals surface area contributed by atoms with Gasteiger partial charge in [-0.15, -0.1) is 0 Å². The van der Waals surface area contributed by atoms with Crippen molar-refractivity contribution >= 4 is 0 Å². The zero-order valence-electron chi connectivity index (χ0n) is 6.02. The van der Waals surface area contributed by atoms with E-state index < -0.39 is 12.3 Å². The van der Waals surface area contributed by atoms with Gasteiger partial charge in [-0.1, -0.05) is 0 Å². The maximum absolute atomic E-state index is 12.6. The number of ether oxygens (including phenoxy) is 1. The van der Waals surface area contributed by atoms with Crippen LogP contribution < -0.4 is 0 Å². The van der Waals surface area contributed by atoms with Crippen molar-refractivity contribution in [3.63, 3.8) is 0 Å². The Morgan fingerprint density at radius 1 is 1.10 bits per heavy atom. The Morgan fingerprint density at radius 2 is 1.60 bits per heavy atom. The third-order valence-corrected chi connectivity index (χ3v) is 1.88. The van der Waals surface area contributed by atoms with Crippen LogP contribution in [0.3, 0.4) is 0 Å². The lowest BCUT2D eigenvalue weighted by molar-refractivity contribution is 0.00819. The summed E-state index contributed by atoms with van der Waals surface area (Å²) in [5.41, 5.74) is 0. The molecule has 2 atom stereocenters. The minimum atomic E-state index is -1.01. The Morgan fingerprint density at radius 3 is 2.00 bits per heavy atom. The maximum Gasteiger partial charge on any atom is 0.105 e. The fourth-order valence-corrected chi connectivity index (χ4v) is 1.33. The summed E-state index contributed by atoms with van der Waals surface area (Å²) in [6.07, 6.45) is -1.45. The van der Waals surface area contributed by atoms with E-state index in [0.717, 1.165) is 0 Å². The van der Waals surface area contributed by atoms with Gasteiger partial charge in [-0.2, -0.15) is 0 Å². The number of halogens is 2. The average molecular weight is 150 g/mol. The second-order valence-electron chi connectivity index (χ2n) is 2.76. The minimum Gasteiger partial charge on any atom is -0.381 e. The van der Waals surface area contributed by atoms with E-state index in [1.165, 1.54) is 7.11 Å². The second-order valence-corrected chi connectivity index (χ2v) is 2.76. The topological polar surface area (TPSA) is 9.23 Å². The average Bonchev–Trinajstić information content (AvgIpc) is 1.85. The van der Waals surface area contributed by atoms with Gasteiger partial charge in [0.1, 0.15) is 12.3 Å². The highest BCUT2D eigenvalue weighted by Crippen LogP contribution is 2.25. The molecule has 60 valence electrons. The normalized spacial score (nSPS) is 41.7. The van der Waals surface area contributed by atoms with Gasteiger partial charge < -0.3 is 4.74 Å². The molecule has 0 aromatic rings. The summed E-state index contributed by atoms with van der Waals surface area (Å²) in [6, 6.07) is 0. The van der Waals surface area contributed by atoms with Crippen LogP contribution >= 0.6 is 0 Å². The maximum atomic E-state index is 12.6. The van der Waals surface area contributed by atoms with Crippen molar-refractivity contribution in [2.24, 2.45) is 0 Å². The van der Waals surface area contributed by atoms with E-state index >= 15 is 0 Å². The van der Waals surface area contributed by atoms with Crippen LogP contribution in [0.25, 0.3) is 0 Å². The summed E-state index contributed by atoms with van der Waals surface area (Å²) < 4.78 is 30.0. The highest BCUT2D eigenvalue weighted by atomic mass is 19.1. The Kier molecular flexibility index (Phi) is 2.60. The minimum absolute atomic E-state index is 0.0554. The molecule has 10 heavy (non-hydrogen) atoms. The molecule has 0 bridgehead atoms. The van der Waals surface area contributed by atoms with Gasteiger partial charge in [0, 0.05) is 26.4 Å². The van der Waals surface area contributed by atoms with Crippen LogP contribution in [-0.2, 0) is 4.74 Å². The van der Waals surface area contributed by atoms with Crippen molar-refractivity contribution in [1.29, 1.82) is 0 Å². The van der Waals surface area contributed by atoms with Crippen molar-refractivity contribution in [1.82, 2.24) is 0 Å². The molecule has 0 aromatic heterocycles. The fraction of sp³-hybridized carbons (Fsp3) is 1.00. The lowest BCUT2D eigenvalue weighted by Gasteiger charge is -2.25. The number of alkyl halides is 2. The van der Waals surface area contributed by atoms with Crippen LogP contribution in [0, 0.1) is 0 Å². The summed E-state index contributed by atoms with van der Waals surface area (Å²) >= 11 is 0. The number of hydrogen-bond acceptors (Lipinski definition) is 1. The molecule has 1 nitrogen and oxygen atoms in total. The first-order valence-electron chi connectivity index (χ1n) is 3.53. The van der Waals surface area contributed by atoms with Crippen LogP contribution in [0.1, 0.15) is 19.3 Å². The van der Waals surface area contributed by atoms with Gasteiger partial charge in [0.2, 0.25) is 0 Å². The zero-order chi connectivity index (χ0) is 7.56. The highest BCUT2D eigenvalue weighted by molar-refractivity contribution is 4.78. The lowest BCUT2D eigenvalue weighted by atomic mass is 9.94. The second kappa shape index (κ2) is 3.28. The van der Waals surface area contributed by atoms with E-state index in [-0.39, 0.29) is 12.5 Å². The molecular weight excluding hydrogens is 138 g/mol. The predicted octanol–water partition coefficient (Wildman–Crippen LogP) is 1.86. The van der Waals surface area contributed by atoms with E-state index in [2.05, 4.69) is 0 Å². The molecule has 1 aliphatic rings. The first-order chi connectivity index (χ1) is 4.72. The number of rotatable bonds is 1. The predicted molar refractivity (Wildman–Crippen MR) is 34.4 cm³/mol. The quantitative estimate of drug-likeness (QED) is 0.554. The Labute approximate surface area is 59.4 Å². The summed E-state index contributed by atoms with van der Waals surface area (Å²) in [7, 11) is 1.50. The Hall–Kier alpha value is -0.180. The molecule has 0 aromatic carbocycles. The molecule has 0 spiro atoms. The summed E-state index contributed by atoms with van der Waals surface area (Å²) in [5.74, 6) is 0. The molecule has 0 saturated heterocycles. The summed E-state index contributed by atoms with van der Waals surface area (Å²) in [5, 5.41) is 0. The molecule has 1 fully saturated rings. The smallest absolute Gasteiger partial charge is 0.105 e. The van der Waals surface area contributed by atoms with Gasteiger partial charge in [0.05, 0.1) is 6.10 Å². The summed E-state index contributed by atoms with van der Waals surface area (Å²) in [6.45, 7) is 0. The van der Waals surface area contributed by atoms with Crippen LogP contribution in [-0.4, -0.2) is 25.6 Å². The molecule has 1 rings (SSSR count). The van der Waals surface area contributed by atoms with E-state index in [4.69, 9.17) is 4.74 Å². The molecule has 0 heterocycles. The van der Waals surface area contributed by atoms with Gasteiger partial charge in [0.15, 0.2) is 0 Å². The Bertz CT molecular complexity index is 97.8. The third-order valence-electron chi connectivity index (χ3n) is 1.88. The first-order valence-corrected chi connectivity index (χ1v) is 3.53. The Balaban J connectivity index is 2.35. The van der Waals surface area contributed by atoms with Crippen molar-refractivity contribution in [2.75, 3.05) is 7.11 Å². The lowest BCUT2D eigenvalue weighted by Crippen LogP contribution is -2.29. The van der Waals surface area contributed by atoms with Gasteiger partial charge in [-0.3, -0.25) is 0 Å². The van der Waals surface area contributed by atoms with Crippen molar-refractivity contribution in [3.8, 4) is 0 Å². The largest absolute Gasteiger partial charge is 0.381 e. The standard InChI is InChI=1S/C7H12F2O/c1-10-7-3-5(8)2-6(9)4-7/h5-7H,2-4H2,1H3. The molecule has 0 aliphatic heterocycles. The van der Waals surface area contributed by atoms with Gasteiger partial charge in [-0.05, 0) is 0 Å². The number of methoxy groups -OCH3 is 1. The third kappa shape index (κ3) is 1.90. The first kappa shape index (κ1) is 7.92. The van der Waals surface area contributed by atoms with Gasteiger partial charge in [0.25, 0.3) is 0 Å². The van der Waals surface area contributed by atoms with Crippen molar-refractivity contribution in [2.45, 2.75) is 37.7 Å². The van der Waals surface area contributed by atoms with E-state index in [0.29, 0.717) is 12.8 Å². The highest BCUT2D eigenvalue weighted by Gasteiger charge is 2.28. The number of hydrogen-bond donors (Lipinski definition) is 0. The monoisotopic (exact) mass is 150 g/mol. The molecule has 1 aliphatic carbocycles. The SMILES string of the molecule is COC1CC(F)CC(F)C1. The van der Waals surface area contributed by atoms with Crippen molar-refractivity contribution in [3.05, 3.63) is 0 Å². The molecular formula is C7H12F2O. The van der Waals surface area contributed by atoms with Crippen LogP contribution in [0.15, 0.2) is 0 Å². The van der Waals surface area contributed by atoms with E-state index in [9.17, 15) is 8.78 Å². The van der Waals surface area contributed by atoms with Crippen LogP contribution in [0.4, 0.5) is 8.78 Å². The zero-order valence-corrected chi connectivity index (χ0v) is 6.02. The molecule has 1 saturated carbocycles. The molecule has 2 unspecified atom stereocenters. The van der Waals surface area contributed by atoms with Gasteiger partial charge >= 0.3 is 0 Å². The molecule has 0 N–H and O–H groups in total. The fourth-order valence-electron chi connectivity index (χ4n) is 1.33.